The number of benzene rings is 1. The van der Waals surface area contributed by atoms with Crippen molar-refractivity contribution in [1.29, 1.82) is 0 Å². The van der Waals surface area contributed by atoms with E-state index < -0.39 is 0 Å². The Balaban J connectivity index is 2.02. The highest BCUT2D eigenvalue weighted by Crippen LogP contribution is 2.16. The summed E-state index contributed by atoms with van der Waals surface area (Å²) in [5, 5.41) is 6.20. The quantitative estimate of drug-likeness (QED) is 0.827. The molecule has 0 bridgehead atoms. The second-order valence-electron chi connectivity index (χ2n) is 4.62. The number of nitrogens with one attached hydrogen (secondary N) is 2. The van der Waals surface area contributed by atoms with E-state index >= 15 is 0 Å². The van der Waals surface area contributed by atoms with Crippen molar-refractivity contribution in [3.63, 3.8) is 0 Å². The van der Waals surface area contributed by atoms with Crippen LogP contribution >= 0.6 is 0 Å². The Morgan fingerprint density at radius 2 is 2.41 bits per heavy atom. The van der Waals surface area contributed by atoms with Gasteiger partial charge in [-0.1, -0.05) is 12.1 Å². The molecule has 0 aliphatic carbocycles. The van der Waals surface area contributed by atoms with Crippen molar-refractivity contribution in [3.05, 3.63) is 35.4 Å². The van der Waals surface area contributed by atoms with Gasteiger partial charge >= 0.3 is 0 Å². The van der Waals surface area contributed by atoms with Gasteiger partial charge < -0.3 is 10.6 Å². The van der Waals surface area contributed by atoms with Crippen LogP contribution in [0.2, 0.25) is 0 Å². The van der Waals surface area contributed by atoms with Crippen molar-refractivity contribution in [2.75, 3.05) is 19.6 Å². The van der Waals surface area contributed by atoms with Gasteiger partial charge in [-0.15, -0.1) is 0 Å². The average Bonchev–Trinajstić information content (AvgIpc) is 2.82. The van der Waals surface area contributed by atoms with Gasteiger partial charge in [0.1, 0.15) is 0 Å². The van der Waals surface area contributed by atoms with Crippen LogP contribution in [0.5, 0.6) is 0 Å². The lowest BCUT2D eigenvalue weighted by molar-refractivity contribution is 0.0955. The minimum absolute atomic E-state index is 0.0268. The molecule has 1 aromatic rings. The first kappa shape index (κ1) is 12.1. The third-order valence-electron chi connectivity index (χ3n) is 3.21. The Bertz CT molecular complexity index is 384. The Morgan fingerprint density at radius 1 is 1.53 bits per heavy atom. The van der Waals surface area contributed by atoms with Crippen molar-refractivity contribution in [2.24, 2.45) is 5.92 Å². The molecule has 1 aromatic carbocycles. The van der Waals surface area contributed by atoms with Crippen LogP contribution in [0.15, 0.2) is 24.3 Å². The van der Waals surface area contributed by atoms with Gasteiger partial charge in [0.25, 0.3) is 5.91 Å². The molecule has 2 rings (SSSR count). The van der Waals surface area contributed by atoms with E-state index in [2.05, 4.69) is 16.7 Å². The lowest BCUT2D eigenvalue weighted by Crippen LogP contribution is -2.22. The standard InChI is InChI=1S/C14H20N2O/c1-2-16-14(17)13-5-3-4-11(9-13)8-12-6-7-15-10-12/h3-5,9,12,15H,2,6-8,10H2,1H3,(H,16,17). The van der Waals surface area contributed by atoms with Gasteiger partial charge in [-0.05, 0) is 56.5 Å². The van der Waals surface area contributed by atoms with Crippen LogP contribution < -0.4 is 10.6 Å². The molecule has 2 N–H and O–H groups in total. The van der Waals surface area contributed by atoms with Crippen LogP contribution in [0.3, 0.4) is 0 Å². The first-order chi connectivity index (χ1) is 8.29. The molecular formula is C14H20N2O. The molecule has 17 heavy (non-hydrogen) atoms. The molecule has 0 spiro atoms. The SMILES string of the molecule is CCNC(=O)c1cccc(CC2CCNC2)c1. The molecule has 1 atom stereocenters. The smallest absolute Gasteiger partial charge is 0.251 e. The van der Waals surface area contributed by atoms with Gasteiger partial charge in [0.15, 0.2) is 0 Å². The molecule has 1 unspecified atom stereocenters. The number of hydrogen-bond acceptors (Lipinski definition) is 2. The summed E-state index contributed by atoms with van der Waals surface area (Å²) in [4.78, 5) is 11.7. The van der Waals surface area contributed by atoms with Crippen LogP contribution in [0.1, 0.15) is 29.3 Å². The van der Waals surface area contributed by atoms with E-state index in [0.29, 0.717) is 6.54 Å². The number of carbonyl (C=O) groups is 1. The van der Waals surface area contributed by atoms with Gasteiger partial charge in [-0.25, -0.2) is 0 Å². The fourth-order valence-corrected chi connectivity index (χ4v) is 2.32. The predicted octanol–water partition coefficient (Wildman–Crippen LogP) is 1.59. The molecule has 1 aliphatic heterocycles. The zero-order valence-electron chi connectivity index (χ0n) is 10.3. The van der Waals surface area contributed by atoms with Gasteiger partial charge in [0.05, 0.1) is 0 Å². The minimum atomic E-state index is 0.0268. The van der Waals surface area contributed by atoms with Crippen LogP contribution in [-0.2, 0) is 6.42 Å². The second-order valence-corrected chi connectivity index (χ2v) is 4.62. The number of carbonyl (C=O) groups excluding carboxylic acids is 1. The summed E-state index contributed by atoms with van der Waals surface area (Å²) in [6, 6.07) is 7.98. The molecule has 1 heterocycles. The second kappa shape index (κ2) is 5.82. The lowest BCUT2D eigenvalue weighted by Gasteiger charge is -2.09. The number of rotatable bonds is 4. The van der Waals surface area contributed by atoms with Crippen LogP contribution in [0, 0.1) is 5.92 Å². The molecule has 0 aromatic heterocycles. The molecule has 1 saturated heterocycles. The molecule has 1 fully saturated rings. The first-order valence-electron chi connectivity index (χ1n) is 6.37. The van der Waals surface area contributed by atoms with E-state index in [4.69, 9.17) is 0 Å². The normalized spacial score (nSPS) is 19.2. The Labute approximate surface area is 103 Å². The fourth-order valence-electron chi connectivity index (χ4n) is 2.32. The van der Waals surface area contributed by atoms with Crippen molar-refractivity contribution in [2.45, 2.75) is 19.8 Å². The van der Waals surface area contributed by atoms with Gasteiger partial charge in [0, 0.05) is 12.1 Å². The van der Waals surface area contributed by atoms with Crippen molar-refractivity contribution >= 4 is 5.91 Å². The van der Waals surface area contributed by atoms with Crippen LogP contribution in [0.25, 0.3) is 0 Å². The molecular weight excluding hydrogens is 212 g/mol. The van der Waals surface area contributed by atoms with E-state index in [0.717, 1.165) is 31.0 Å². The Kier molecular flexibility index (Phi) is 4.15. The van der Waals surface area contributed by atoms with Crippen molar-refractivity contribution < 1.29 is 4.79 Å². The fraction of sp³-hybridized carbons (Fsp3) is 0.500. The third-order valence-corrected chi connectivity index (χ3v) is 3.21. The van der Waals surface area contributed by atoms with Crippen LogP contribution in [0.4, 0.5) is 0 Å². The molecule has 3 heteroatoms. The van der Waals surface area contributed by atoms with Crippen LogP contribution in [-0.4, -0.2) is 25.5 Å². The zero-order valence-corrected chi connectivity index (χ0v) is 10.3. The third kappa shape index (κ3) is 3.30. The maximum Gasteiger partial charge on any atom is 0.251 e. The van der Waals surface area contributed by atoms with E-state index in [-0.39, 0.29) is 5.91 Å². The highest BCUT2D eigenvalue weighted by atomic mass is 16.1. The Morgan fingerprint density at radius 3 is 3.12 bits per heavy atom. The highest BCUT2D eigenvalue weighted by molar-refractivity contribution is 5.94. The molecule has 92 valence electrons. The van der Waals surface area contributed by atoms with Gasteiger partial charge in [-0.2, -0.15) is 0 Å². The summed E-state index contributed by atoms with van der Waals surface area (Å²) < 4.78 is 0. The summed E-state index contributed by atoms with van der Waals surface area (Å²) in [5.41, 5.74) is 2.04. The van der Waals surface area contributed by atoms with Crippen molar-refractivity contribution in [3.8, 4) is 0 Å². The van der Waals surface area contributed by atoms with E-state index in [1.165, 1.54) is 12.0 Å². The molecule has 1 amide bonds. The maximum atomic E-state index is 11.7. The summed E-state index contributed by atoms with van der Waals surface area (Å²) in [5.74, 6) is 0.749. The van der Waals surface area contributed by atoms with Gasteiger partial charge in [0.2, 0.25) is 0 Å². The van der Waals surface area contributed by atoms with Gasteiger partial charge in [-0.3, -0.25) is 4.79 Å². The molecule has 0 radical (unpaired) electrons. The monoisotopic (exact) mass is 232 g/mol. The molecule has 1 aliphatic rings. The first-order valence-corrected chi connectivity index (χ1v) is 6.37. The highest BCUT2D eigenvalue weighted by Gasteiger charge is 2.15. The van der Waals surface area contributed by atoms with Crippen molar-refractivity contribution in [1.82, 2.24) is 10.6 Å². The molecule has 0 saturated carbocycles. The predicted molar refractivity (Wildman–Crippen MR) is 69.1 cm³/mol. The van der Waals surface area contributed by atoms with E-state index in [9.17, 15) is 4.79 Å². The summed E-state index contributed by atoms with van der Waals surface area (Å²) in [6.45, 7) is 4.84. The summed E-state index contributed by atoms with van der Waals surface area (Å²) in [7, 11) is 0. The average molecular weight is 232 g/mol. The largest absolute Gasteiger partial charge is 0.352 e. The lowest BCUT2D eigenvalue weighted by atomic mass is 9.97. The maximum absolute atomic E-state index is 11.7. The summed E-state index contributed by atoms with van der Waals surface area (Å²) >= 11 is 0. The Hall–Kier alpha value is -1.35. The number of amides is 1. The van der Waals surface area contributed by atoms with E-state index in [1.54, 1.807) is 0 Å². The van der Waals surface area contributed by atoms with E-state index in [1.807, 2.05) is 25.1 Å². The zero-order chi connectivity index (χ0) is 12.1. The topological polar surface area (TPSA) is 41.1 Å². The molecule has 3 nitrogen and oxygen atoms in total. The number of hydrogen-bond donors (Lipinski definition) is 2. The summed E-state index contributed by atoms with van der Waals surface area (Å²) in [6.07, 6.45) is 2.31. The minimum Gasteiger partial charge on any atom is -0.352 e.